The number of rotatable bonds is 7. The highest BCUT2D eigenvalue weighted by atomic mass is 32.2. The number of hydrogen-bond donors (Lipinski definition) is 1. The number of hydrogen-bond acceptors (Lipinski definition) is 4. The summed E-state index contributed by atoms with van der Waals surface area (Å²) in [5.41, 5.74) is 2.83. The number of thioether (sulfide) groups is 1. The third-order valence-corrected chi connectivity index (χ3v) is 5.94. The summed E-state index contributed by atoms with van der Waals surface area (Å²) in [4.78, 5) is 25.5. The molecule has 0 aliphatic carbocycles. The molecule has 1 fully saturated rings. The predicted molar refractivity (Wildman–Crippen MR) is 106 cm³/mol. The maximum absolute atomic E-state index is 13.3. The molecule has 2 atom stereocenters. The van der Waals surface area contributed by atoms with Crippen LogP contribution in [0.1, 0.15) is 39.3 Å². The molecule has 0 spiro atoms. The quantitative estimate of drug-likeness (QED) is 0.757. The third kappa shape index (κ3) is 4.36. The van der Waals surface area contributed by atoms with Crippen LogP contribution in [0, 0.1) is 12.7 Å². The van der Waals surface area contributed by atoms with E-state index in [1.54, 1.807) is 35.2 Å². The fraction of sp³-hybridized carbons (Fsp3) is 0.333. The molecule has 148 valence electrons. The van der Waals surface area contributed by atoms with E-state index in [-0.39, 0.29) is 22.7 Å². The van der Waals surface area contributed by atoms with Crippen molar-refractivity contribution in [1.82, 2.24) is 4.90 Å². The molecule has 2 aromatic carbocycles. The molecule has 1 saturated heterocycles. The highest BCUT2D eigenvalue weighted by Crippen LogP contribution is 2.41. The second-order valence-corrected chi connectivity index (χ2v) is 7.64. The SMILES string of the molecule is CCOC(Cc1ccc(C(=O)O)cc1C)N1C(=O)CSC1c1ccc(F)cc1. The van der Waals surface area contributed by atoms with Gasteiger partial charge in [-0.1, -0.05) is 18.2 Å². The van der Waals surface area contributed by atoms with Crippen LogP contribution in [0.15, 0.2) is 42.5 Å². The van der Waals surface area contributed by atoms with Crippen LogP contribution in [0.25, 0.3) is 0 Å². The van der Waals surface area contributed by atoms with E-state index in [9.17, 15) is 14.0 Å². The first-order valence-corrected chi connectivity index (χ1v) is 10.1. The monoisotopic (exact) mass is 403 g/mol. The minimum Gasteiger partial charge on any atom is -0.478 e. The smallest absolute Gasteiger partial charge is 0.335 e. The zero-order valence-electron chi connectivity index (χ0n) is 15.7. The van der Waals surface area contributed by atoms with Gasteiger partial charge in [0.1, 0.15) is 17.4 Å². The Labute approximate surface area is 167 Å². The first kappa shape index (κ1) is 20.4. The van der Waals surface area contributed by atoms with Crippen molar-refractivity contribution < 1.29 is 23.8 Å². The van der Waals surface area contributed by atoms with Gasteiger partial charge < -0.3 is 9.84 Å². The van der Waals surface area contributed by atoms with Crippen LogP contribution in [-0.4, -0.2) is 40.5 Å². The van der Waals surface area contributed by atoms with Gasteiger partial charge in [0.2, 0.25) is 5.91 Å². The highest BCUT2D eigenvalue weighted by molar-refractivity contribution is 8.00. The predicted octanol–water partition coefficient (Wildman–Crippen LogP) is 4.01. The van der Waals surface area contributed by atoms with Crippen molar-refractivity contribution in [2.45, 2.75) is 31.9 Å². The average Bonchev–Trinajstić information content (AvgIpc) is 3.04. The van der Waals surface area contributed by atoms with Crippen LogP contribution in [0.5, 0.6) is 0 Å². The van der Waals surface area contributed by atoms with E-state index in [1.165, 1.54) is 23.9 Å². The van der Waals surface area contributed by atoms with Gasteiger partial charge in [-0.3, -0.25) is 9.69 Å². The zero-order valence-corrected chi connectivity index (χ0v) is 16.5. The molecule has 1 amide bonds. The lowest BCUT2D eigenvalue weighted by Crippen LogP contribution is -2.41. The normalized spacial score (nSPS) is 17.8. The minimum atomic E-state index is -0.974. The number of carboxylic acids is 1. The topological polar surface area (TPSA) is 66.8 Å². The van der Waals surface area contributed by atoms with Gasteiger partial charge in [-0.05, 0) is 54.8 Å². The summed E-state index contributed by atoms with van der Waals surface area (Å²) in [6, 6.07) is 11.1. The lowest BCUT2D eigenvalue weighted by atomic mass is 10.0. The molecule has 1 aliphatic heterocycles. The van der Waals surface area contributed by atoms with Crippen molar-refractivity contribution in [3.8, 4) is 0 Å². The Bertz CT molecular complexity index is 871. The highest BCUT2D eigenvalue weighted by Gasteiger charge is 2.38. The van der Waals surface area contributed by atoms with Gasteiger partial charge in [0.15, 0.2) is 0 Å². The molecule has 0 aromatic heterocycles. The summed E-state index contributed by atoms with van der Waals surface area (Å²) in [5.74, 6) is -0.987. The summed E-state index contributed by atoms with van der Waals surface area (Å²) >= 11 is 1.49. The van der Waals surface area contributed by atoms with Crippen molar-refractivity contribution >= 4 is 23.6 Å². The standard InChI is InChI=1S/C21H22FNO4S/c1-3-27-19(11-15-4-5-16(21(25)26)10-13(15)2)23-18(24)12-28-20(23)14-6-8-17(22)9-7-14/h4-10,19-20H,3,11-12H2,1-2H3,(H,25,26). The number of aromatic carboxylic acids is 1. The number of ether oxygens (including phenoxy) is 1. The molecule has 0 bridgehead atoms. The van der Waals surface area contributed by atoms with E-state index in [2.05, 4.69) is 0 Å². The van der Waals surface area contributed by atoms with E-state index >= 15 is 0 Å². The van der Waals surface area contributed by atoms with Crippen molar-refractivity contribution in [3.05, 3.63) is 70.5 Å². The molecule has 0 radical (unpaired) electrons. The first-order chi connectivity index (χ1) is 13.4. The number of carbonyl (C=O) groups excluding carboxylic acids is 1. The second-order valence-electron chi connectivity index (χ2n) is 6.58. The fourth-order valence-electron chi connectivity index (χ4n) is 3.31. The van der Waals surface area contributed by atoms with Crippen LogP contribution in [0.2, 0.25) is 0 Å². The lowest BCUT2D eigenvalue weighted by molar-refractivity contribution is -0.143. The number of benzene rings is 2. The van der Waals surface area contributed by atoms with Gasteiger partial charge in [0.25, 0.3) is 0 Å². The molecule has 5 nitrogen and oxygen atoms in total. The number of carboxylic acid groups (broad SMARTS) is 1. The molecular formula is C21H22FNO4S. The van der Waals surface area contributed by atoms with Crippen LogP contribution in [-0.2, 0) is 16.0 Å². The summed E-state index contributed by atoms with van der Waals surface area (Å²) in [6.45, 7) is 4.15. The van der Waals surface area contributed by atoms with Crippen molar-refractivity contribution in [3.63, 3.8) is 0 Å². The number of nitrogens with zero attached hydrogens (tertiary/aromatic N) is 1. The lowest BCUT2D eigenvalue weighted by Gasteiger charge is -2.33. The van der Waals surface area contributed by atoms with E-state index in [0.717, 1.165) is 16.7 Å². The Hall–Kier alpha value is -2.38. The average molecular weight is 403 g/mol. The van der Waals surface area contributed by atoms with Crippen LogP contribution in [0.4, 0.5) is 4.39 Å². The molecular weight excluding hydrogens is 381 g/mol. The van der Waals surface area contributed by atoms with Gasteiger partial charge >= 0.3 is 5.97 Å². The Kier molecular flexibility index (Phi) is 6.36. The maximum atomic E-state index is 13.3. The first-order valence-electron chi connectivity index (χ1n) is 9.03. The zero-order chi connectivity index (χ0) is 20.3. The number of aryl methyl sites for hydroxylation is 1. The molecule has 7 heteroatoms. The van der Waals surface area contributed by atoms with E-state index < -0.39 is 12.2 Å². The van der Waals surface area contributed by atoms with Crippen molar-refractivity contribution in [2.75, 3.05) is 12.4 Å². The van der Waals surface area contributed by atoms with Gasteiger partial charge in [-0.25, -0.2) is 9.18 Å². The number of amides is 1. The van der Waals surface area contributed by atoms with Crippen LogP contribution in [0.3, 0.4) is 0 Å². The molecule has 1 heterocycles. The minimum absolute atomic E-state index is 0.0300. The third-order valence-electron chi connectivity index (χ3n) is 4.71. The summed E-state index contributed by atoms with van der Waals surface area (Å²) in [5, 5.41) is 8.90. The summed E-state index contributed by atoms with van der Waals surface area (Å²) in [6.07, 6.45) is -0.0410. The number of carbonyl (C=O) groups is 2. The van der Waals surface area contributed by atoms with E-state index in [1.807, 2.05) is 13.8 Å². The molecule has 2 aromatic rings. The van der Waals surface area contributed by atoms with Crippen molar-refractivity contribution in [1.29, 1.82) is 0 Å². The van der Waals surface area contributed by atoms with Crippen molar-refractivity contribution in [2.24, 2.45) is 0 Å². The maximum Gasteiger partial charge on any atom is 0.335 e. The van der Waals surface area contributed by atoms with Gasteiger partial charge in [0.05, 0.1) is 11.3 Å². The van der Waals surface area contributed by atoms with Crippen LogP contribution >= 0.6 is 11.8 Å². The van der Waals surface area contributed by atoms with Gasteiger partial charge in [0, 0.05) is 13.0 Å². The Balaban J connectivity index is 1.88. The molecule has 0 saturated carbocycles. The molecule has 2 unspecified atom stereocenters. The molecule has 28 heavy (non-hydrogen) atoms. The largest absolute Gasteiger partial charge is 0.478 e. The fourth-order valence-corrected chi connectivity index (χ4v) is 4.52. The van der Waals surface area contributed by atoms with Gasteiger partial charge in [-0.15, -0.1) is 11.8 Å². The molecule has 1 aliphatic rings. The Morgan fingerprint density at radius 2 is 2.04 bits per heavy atom. The molecule has 1 N–H and O–H groups in total. The summed E-state index contributed by atoms with van der Waals surface area (Å²) in [7, 11) is 0. The van der Waals surface area contributed by atoms with Gasteiger partial charge in [-0.2, -0.15) is 0 Å². The van der Waals surface area contributed by atoms with Crippen LogP contribution < -0.4 is 0 Å². The molecule has 3 rings (SSSR count). The Morgan fingerprint density at radius 3 is 2.64 bits per heavy atom. The summed E-state index contributed by atoms with van der Waals surface area (Å²) < 4.78 is 19.2. The van der Waals surface area contributed by atoms with E-state index in [4.69, 9.17) is 9.84 Å². The number of halogens is 1. The second kappa shape index (κ2) is 8.75. The van der Waals surface area contributed by atoms with E-state index in [0.29, 0.717) is 18.8 Å². The Morgan fingerprint density at radius 1 is 1.32 bits per heavy atom.